The van der Waals surface area contributed by atoms with Gasteiger partial charge in [0.25, 0.3) is 0 Å². The van der Waals surface area contributed by atoms with E-state index in [0.717, 1.165) is 38.5 Å². The molecular weight excluding hydrogens is 580 g/mol. The molecular formula is C35H64O10. The first-order valence-corrected chi connectivity index (χ1v) is 17.8. The van der Waals surface area contributed by atoms with Crippen LogP contribution < -0.4 is 0 Å². The van der Waals surface area contributed by atoms with Gasteiger partial charge in [0.15, 0.2) is 12.4 Å². The quantitative estimate of drug-likeness (QED) is 0.0477. The lowest BCUT2D eigenvalue weighted by Crippen LogP contribution is -2.59. The van der Waals surface area contributed by atoms with E-state index >= 15 is 0 Å². The van der Waals surface area contributed by atoms with E-state index in [1.165, 1.54) is 64.2 Å². The van der Waals surface area contributed by atoms with E-state index in [9.17, 15) is 30.0 Å². The Hall–Kier alpha value is -1.56. The second-order valence-corrected chi connectivity index (χ2v) is 12.3. The first kappa shape index (κ1) is 41.5. The van der Waals surface area contributed by atoms with E-state index in [4.69, 9.17) is 18.9 Å². The van der Waals surface area contributed by atoms with E-state index < -0.39 is 55.4 Å². The second kappa shape index (κ2) is 27.5. The van der Waals surface area contributed by atoms with Crippen molar-refractivity contribution < 1.29 is 49.0 Å². The highest BCUT2D eigenvalue weighted by Gasteiger charge is 2.44. The molecule has 264 valence electrons. The maximum Gasteiger partial charge on any atom is 0.306 e. The molecule has 10 heteroatoms. The number of rotatable bonds is 28. The average molecular weight is 645 g/mol. The number of hydrogen-bond donors (Lipinski definition) is 4. The van der Waals surface area contributed by atoms with Crippen LogP contribution in [0.15, 0.2) is 12.2 Å². The Morgan fingerprint density at radius 1 is 0.667 bits per heavy atom. The lowest BCUT2D eigenvalue weighted by molar-refractivity contribution is -0.305. The van der Waals surface area contributed by atoms with E-state index in [1.807, 2.05) is 6.92 Å². The van der Waals surface area contributed by atoms with Gasteiger partial charge in [0.1, 0.15) is 31.0 Å². The minimum absolute atomic E-state index is 0.220. The van der Waals surface area contributed by atoms with Gasteiger partial charge in [0, 0.05) is 12.8 Å². The molecule has 1 aliphatic rings. The summed E-state index contributed by atoms with van der Waals surface area (Å²) in [6.45, 7) is 3.20. The summed E-state index contributed by atoms with van der Waals surface area (Å²) < 4.78 is 21.8. The summed E-state index contributed by atoms with van der Waals surface area (Å²) in [7, 11) is 0. The summed E-state index contributed by atoms with van der Waals surface area (Å²) in [6, 6.07) is 0. The minimum Gasteiger partial charge on any atom is -0.462 e. The Morgan fingerprint density at radius 2 is 1.18 bits per heavy atom. The van der Waals surface area contributed by atoms with Gasteiger partial charge in [-0.05, 0) is 38.5 Å². The molecule has 4 N–H and O–H groups in total. The van der Waals surface area contributed by atoms with Gasteiger partial charge in [-0.25, -0.2) is 0 Å². The third-order valence-electron chi connectivity index (χ3n) is 8.15. The van der Waals surface area contributed by atoms with Crippen molar-refractivity contribution in [2.24, 2.45) is 0 Å². The molecule has 6 atom stereocenters. The van der Waals surface area contributed by atoms with Crippen LogP contribution in [0, 0.1) is 0 Å². The lowest BCUT2D eigenvalue weighted by atomic mass is 9.99. The standard InChI is InChI=1S/C35H64O10/c1-3-5-7-8-9-10-11-12-13-14-15-16-17-18-19-20-22-24-31(38)44-28(26-42-30(37)23-21-6-4-2)27-43-35-34(41)33(40)32(39)29(25-36)45-35/h12-13,28-29,32-36,39-41H,3-11,14-27H2,1-2H3/b13-12-. The molecule has 45 heavy (non-hydrogen) atoms. The Bertz CT molecular complexity index is 759. The summed E-state index contributed by atoms with van der Waals surface area (Å²) in [4.78, 5) is 24.7. The summed E-state index contributed by atoms with van der Waals surface area (Å²) in [5, 5.41) is 39.6. The van der Waals surface area contributed by atoms with Crippen LogP contribution in [0.5, 0.6) is 0 Å². The molecule has 0 amide bonds. The largest absolute Gasteiger partial charge is 0.462 e. The first-order valence-electron chi connectivity index (χ1n) is 17.8. The Kier molecular flexibility index (Phi) is 25.4. The number of aliphatic hydroxyl groups is 4. The third kappa shape index (κ3) is 20.3. The van der Waals surface area contributed by atoms with Crippen molar-refractivity contribution >= 4 is 11.9 Å². The molecule has 10 nitrogen and oxygen atoms in total. The molecule has 0 aromatic carbocycles. The molecule has 1 aliphatic heterocycles. The number of carbonyl (C=O) groups is 2. The lowest BCUT2D eigenvalue weighted by Gasteiger charge is -2.39. The summed E-state index contributed by atoms with van der Waals surface area (Å²) >= 11 is 0. The van der Waals surface area contributed by atoms with Crippen LogP contribution >= 0.6 is 0 Å². The number of esters is 2. The normalized spacial score (nSPS) is 22.5. The van der Waals surface area contributed by atoms with Crippen LogP contribution in [0.25, 0.3) is 0 Å². The summed E-state index contributed by atoms with van der Waals surface area (Å²) in [5.41, 5.74) is 0. The smallest absolute Gasteiger partial charge is 0.306 e. The molecule has 1 heterocycles. The zero-order valence-corrected chi connectivity index (χ0v) is 28.1. The maximum atomic E-state index is 12.6. The number of allylic oxidation sites excluding steroid dienone is 2. The second-order valence-electron chi connectivity index (χ2n) is 12.3. The molecule has 1 rings (SSSR count). The highest BCUT2D eigenvalue weighted by molar-refractivity contribution is 5.70. The van der Waals surface area contributed by atoms with Crippen molar-refractivity contribution in [3.63, 3.8) is 0 Å². The van der Waals surface area contributed by atoms with E-state index in [1.54, 1.807) is 0 Å². The third-order valence-corrected chi connectivity index (χ3v) is 8.15. The molecule has 0 saturated carbocycles. The van der Waals surface area contributed by atoms with Crippen LogP contribution in [0.1, 0.15) is 142 Å². The van der Waals surface area contributed by atoms with E-state index in [-0.39, 0.29) is 26.1 Å². The van der Waals surface area contributed by atoms with Crippen LogP contribution in [0.4, 0.5) is 0 Å². The first-order chi connectivity index (χ1) is 21.8. The molecule has 0 aromatic heterocycles. The molecule has 0 bridgehead atoms. The number of hydrogen-bond acceptors (Lipinski definition) is 10. The molecule has 6 unspecified atom stereocenters. The molecule has 0 spiro atoms. The summed E-state index contributed by atoms with van der Waals surface area (Å²) in [5.74, 6) is -0.839. The van der Waals surface area contributed by atoms with Gasteiger partial charge < -0.3 is 39.4 Å². The average Bonchev–Trinajstić information content (AvgIpc) is 3.03. The number of carbonyl (C=O) groups excluding carboxylic acids is 2. The van der Waals surface area contributed by atoms with Crippen LogP contribution in [-0.2, 0) is 28.5 Å². The van der Waals surface area contributed by atoms with Gasteiger partial charge in [-0.15, -0.1) is 0 Å². The highest BCUT2D eigenvalue weighted by Crippen LogP contribution is 2.22. The Balaban J connectivity index is 2.29. The molecule has 1 fully saturated rings. The van der Waals surface area contributed by atoms with Gasteiger partial charge in [0.05, 0.1) is 13.2 Å². The van der Waals surface area contributed by atoms with Gasteiger partial charge in [-0.2, -0.15) is 0 Å². The van der Waals surface area contributed by atoms with Gasteiger partial charge in [-0.3, -0.25) is 9.59 Å². The molecule has 0 radical (unpaired) electrons. The van der Waals surface area contributed by atoms with Crippen molar-refractivity contribution in [2.45, 2.75) is 179 Å². The predicted octanol–water partition coefficient (Wildman–Crippen LogP) is 5.66. The predicted molar refractivity (Wildman–Crippen MR) is 173 cm³/mol. The van der Waals surface area contributed by atoms with Crippen molar-refractivity contribution in [3.8, 4) is 0 Å². The van der Waals surface area contributed by atoms with Crippen molar-refractivity contribution in [1.29, 1.82) is 0 Å². The zero-order valence-electron chi connectivity index (χ0n) is 28.1. The van der Waals surface area contributed by atoms with E-state index in [0.29, 0.717) is 12.8 Å². The molecule has 0 aliphatic carbocycles. The Labute approximate surface area is 271 Å². The SMILES string of the molecule is CCCCCCCC/C=C\CCCCCCCCCC(=O)OC(COC(=O)CCCCC)COC1OC(CO)C(O)C(O)C1O. The topological polar surface area (TPSA) is 152 Å². The summed E-state index contributed by atoms with van der Waals surface area (Å²) in [6.07, 6.45) is 17.4. The number of aliphatic hydroxyl groups excluding tert-OH is 4. The maximum absolute atomic E-state index is 12.6. The number of unbranched alkanes of at least 4 members (excludes halogenated alkanes) is 15. The van der Waals surface area contributed by atoms with Crippen molar-refractivity contribution in [3.05, 3.63) is 12.2 Å². The zero-order chi connectivity index (χ0) is 33.1. The minimum atomic E-state index is -1.59. The Morgan fingerprint density at radius 3 is 1.78 bits per heavy atom. The fourth-order valence-corrected chi connectivity index (χ4v) is 5.24. The molecule has 1 saturated heterocycles. The van der Waals surface area contributed by atoms with Crippen molar-refractivity contribution in [2.75, 3.05) is 19.8 Å². The fraction of sp³-hybridized carbons (Fsp3) is 0.886. The van der Waals surface area contributed by atoms with Crippen molar-refractivity contribution in [1.82, 2.24) is 0 Å². The number of ether oxygens (including phenoxy) is 4. The highest BCUT2D eigenvalue weighted by atomic mass is 16.7. The monoisotopic (exact) mass is 644 g/mol. The van der Waals surface area contributed by atoms with Crippen LogP contribution in [0.3, 0.4) is 0 Å². The van der Waals surface area contributed by atoms with Crippen LogP contribution in [-0.4, -0.2) is 89.0 Å². The van der Waals surface area contributed by atoms with Gasteiger partial charge in [-0.1, -0.05) is 103 Å². The van der Waals surface area contributed by atoms with Gasteiger partial charge >= 0.3 is 11.9 Å². The van der Waals surface area contributed by atoms with E-state index in [2.05, 4.69) is 19.1 Å². The van der Waals surface area contributed by atoms with Gasteiger partial charge in [0.2, 0.25) is 0 Å². The fourth-order valence-electron chi connectivity index (χ4n) is 5.24. The van der Waals surface area contributed by atoms with Crippen LogP contribution in [0.2, 0.25) is 0 Å². The molecule has 0 aromatic rings.